The molecule has 1 aliphatic rings. The van der Waals surface area contributed by atoms with Gasteiger partial charge in [-0.15, -0.1) is 0 Å². The Bertz CT molecular complexity index is 339. The molecule has 2 rings (SSSR count). The van der Waals surface area contributed by atoms with Crippen LogP contribution in [0.15, 0.2) is 16.8 Å². The molecule has 88 valence electrons. The van der Waals surface area contributed by atoms with Crippen molar-refractivity contribution >= 4 is 17.3 Å². The summed E-state index contributed by atoms with van der Waals surface area (Å²) in [5.41, 5.74) is 1.25. The monoisotopic (exact) mass is 241 g/mol. The van der Waals surface area contributed by atoms with Crippen molar-refractivity contribution in [2.45, 2.75) is 19.0 Å². The zero-order valence-electron chi connectivity index (χ0n) is 8.96. The van der Waals surface area contributed by atoms with Crippen LogP contribution >= 0.6 is 11.3 Å². The smallest absolute Gasteiger partial charge is 0.305 e. The second kappa shape index (κ2) is 5.43. The molecule has 1 aromatic heterocycles. The standard InChI is InChI=1S/C11H15NO3S/c13-11(14)5-10-7-15-3-2-12(10)6-9-1-4-16-8-9/h1,4,8,10H,2-3,5-7H2,(H,13,14)/t10-/m0/s1. The van der Waals surface area contributed by atoms with E-state index in [9.17, 15) is 4.79 Å². The van der Waals surface area contributed by atoms with Gasteiger partial charge < -0.3 is 9.84 Å². The highest BCUT2D eigenvalue weighted by Crippen LogP contribution is 2.16. The average Bonchev–Trinajstić information content (AvgIpc) is 2.73. The van der Waals surface area contributed by atoms with E-state index in [0.29, 0.717) is 13.2 Å². The highest BCUT2D eigenvalue weighted by atomic mass is 32.1. The Kier molecular flexibility index (Phi) is 3.93. The van der Waals surface area contributed by atoms with Gasteiger partial charge in [0.05, 0.1) is 19.6 Å². The van der Waals surface area contributed by atoms with Gasteiger partial charge in [-0.2, -0.15) is 11.3 Å². The molecular formula is C11H15NO3S. The molecule has 5 heteroatoms. The van der Waals surface area contributed by atoms with Gasteiger partial charge >= 0.3 is 5.97 Å². The van der Waals surface area contributed by atoms with Crippen molar-refractivity contribution in [1.82, 2.24) is 4.90 Å². The first-order valence-corrected chi connectivity index (χ1v) is 6.24. The zero-order chi connectivity index (χ0) is 11.4. The van der Waals surface area contributed by atoms with Gasteiger partial charge in [0.25, 0.3) is 0 Å². The summed E-state index contributed by atoms with van der Waals surface area (Å²) in [5, 5.41) is 13.0. The number of aliphatic carboxylic acids is 1. The minimum absolute atomic E-state index is 0.00569. The summed E-state index contributed by atoms with van der Waals surface area (Å²) in [6.45, 7) is 2.86. The van der Waals surface area contributed by atoms with Crippen LogP contribution in [-0.2, 0) is 16.1 Å². The SMILES string of the molecule is O=C(O)C[C@H]1COCCN1Cc1ccsc1. The van der Waals surface area contributed by atoms with E-state index in [4.69, 9.17) is 9.84 Å². The zero-order valence-corrected chi connectivity index (χ0v) is 9.78. The second-order valence-corrected chi connectivity index (χ2v) is 4.71. The second-order valence-electron chi connectivity index (χ2n) is 3.93. The predicted octanol–water partition coefficient (Wildman–Crippen LogP) is 1.42. The van der Waals surface area contributed by atoms with Gasteiger partial charge in [-0.25, -0.2) is 0 Å². The first kappa shape index (κ1) is 11.6. The third kappa shape index (κ3) is 3.04. The Balaban J connectivity index is 1.96. The molecule has 0 aliphatic carbocycles. The fourth-order valence-electron chi connectivity index (χ4n) is 1.90. The summed E-state index contributed by atoms with van der Waals surface area (Å²) in [7, 11) is 0. The Morgan fingerprint density at radius 2 is 2.56 bits per heavy atom. The summed E-state index contributed by atoms with van der Waals surface area (Å²) in [6.07, 6.45) is 0.157. The molecule has 4 nitrogen and oxygen atoms in total. The number of morpholine rings is 1. The minimum Gasteiger partial charge on any atom is -0.481 e. The molecule has 1 N–H and O–H groups in total. The summed E-state index contributed by atoms with van der Waals surface area (Å²) in [6, 6.07) is 2.09. The van der Waals surface area contributed by atoms with Crippen LogP contribution < -0.4 is 0 Å². The van der Waals surface area contributed by atoms with Gasteiger partial charge in [-0.1, -0.05) is 0 Å². The lowest BCUT2D eigenvalue weighted by Gasteiger charge is -2.34. The Labute approximate surface area is 98.4 Å². The summed E-state index contributed by atoms with van der Waals surface area (Å²) in [4.78, 5) is 12.9. The van der Waals surface area contributed by atoms with Crippen molar-refractivity contribution in [3.63, 3.8) is 0 Å². The highest BCUT2D eigenvalue weighted by Gasteiger charge is 2.25. The number of hydrogen-bond donors (Lipinski definition) is 1. The van der Waals surface area contributed by atoms with E-state index >= 15 is 0 Å². The number of carboxylic acids is 1. The summed E-state index contributed by atoms with van der Waals surface area (Å²) < 4.78 is 5.33. The highest BCUT2D eigenvalue weighted by molar-refractivity contribution is 7.07. The molecular weight excluding hydrogens is 226 g/mol. The Morgan fingerprint density at radius 3 is 3.25 bits per heavy atom. The fourth-order valence-corrected chi connectivity index (χ4v) is 2.56. The van der Waals surface area contributed by atoms with Gasteiger partial charge in [0.2, 0.25) is 0 Å². The number of rotatable bonds is 4. The van der Waals surface area contributed by atoms with E-state index in [1.807, 2.05) is 5.38 Å². The van der Waals surface area contributed by atoms with E-state index < -0.39 is 5.97 Å². The molecule has 0 saturated carbocycles. The van der Waals surface area contributed by atoms with Crippen LogP contribution in [0, 0.1) is 0 Å². The van der Waals surface area contributed by atoms with Gasteiger partial charge in [0.1, 0.15) is 0 Å². The quantitative estimate of drug-likeness (QED) is 0.866. The van der Waals surface area contributed by atoms with E-state index in [1.165, 1.54) is 5.56 Å². The topological polar surface area (TPSA) is 49.8 Å². The van der Waals surface area contributed by atoms with E-state index in [2.05, 4.69) is 16.3 Å². The molecule has 1 aliphatic heterocycles. The van der Waals surface area contributed by atoms with E-state index in [0.717, 1.165) is 13.1 Å². The van der Waals surface area contributed by atoms with Crippen molar-refractivity contribution in [2.24, 2.45) is 0 Å². The molecule has 1 atom stereocenters. The van der Waals surface area contributed by atoms with Crippen LogP contribution in [0.3, 0.4) is 0 Å². The molecule has 1 aromatic rings. The van der Waals surface area contributed by atoms with Crippen molar-refractivity contribution in [2.75, 3.05) is 19.8 Å². The Morgan fingerprint density at radius 1 is 1.69 bits per heavy atom. The van der Waals surface area contributed by atoms with E-state index in [-0.39, 0.29) is 12.5 Å². The third-order valence-electron chi connectivity index (χ3n) is 2.73. The van der Waals surface area contributed by atoms with Crippen molar-refractivity contribution < 1.29 is 14.6 Å². The summed E-state index contributed by atoms with van der Waals surface area (Å²) in [5.74, 6) is -0.759. The average molecular weight is 241 g/mol. The number of carboxylic acid groups (broad SMARTS) is 1. The van der Waals surface area contributed by atoms with Gasteiger partial charge in [0.15, 0.2) is 0 Å². The number of ether oxygens (including phenoxy) is 1. The largest absolute Gasteiger partial charge is 0.481 e. The molecule has 16 heavy (non-hydrogen) atoms. The lowest BCUT2D eigenvalue weighted by atomic mass is 10.1. The lowest BCUT2D eigenvalue weighted by Crippen LogP contribution is -2.45. The van der Waals surface area contributed by atoms with Crippen LogP contribution in [-0.4, -0.2) is 41.8 Å². The van der Waals surface area contributed by atoms with Crippen molar-refractivity contribution in [3.05, 3.63) is 22.4 Å². The van der Waals surface area contributed by atoms with Crippen LogP contribution in [0.1, 0.15) is 12.0 Å². The number of carbonyl (C=O) groups is 1. The van der Waals surface area contributed by atoms with Crippen LogP contribution in [0.5, 0.6) is 0 Å². The van der Waals surface area contributed by atoms with E-state index in [1.54, 1.807) is 11.3 Å². The van der Waals surface area contributed by atoms with Crippen LogP contribution in [0.25, 0.3) is 0 Å². The number of thiophene rings is 1. The van der Waals surface area contributed by atoms with Gasteiger partial charge in [0, 0.05) is 19.1 Å². The molecule has 0 unspecified atom stereocenters. The molecule has 1 saturated heterocycles. The maximum Gasteiger partial charge on any atom is 0.305 e. The molecule has 1 fully saturated rings. The van der Waals surface area contributed by atoms with Crippen LogP contribution in [0.4, 0.5) is 0 Å². The normalized spacial score (nSPS) is 22.1. The number of nitrogens with zero attached hydrogens (tertiary/aromatic N) is 1. The van der Waals surface area contributed by atoms with Crippen molar-refractivity contribution in [1.29, 1.82) is 0 Å². The molecule has 2 heterocycles. The molecule has 0 aromatic carbocycles. The maximum absolute atomic E-state index is 10.7. The van der Waals surface area contributed by atoms with Gasteiger partial charge in [-0.3, -0.25) is 9.69 Å². The molecule has 0 amide bonds. The molecule has 0 bridgehead atoms. The minimum atomic E-state index is -0.759. The first-order chi connectivity index (χ1) is 7.75. The van der Waals surface area contributed by atoms with Crippen LogP contribution in [0.2, 0.25) is 0 Å². The van der Waals surface area contributed by atoms with Crippen molar-refractivity contribution in [3.8, 4) is 0 Å². The summed E-state index contributed by atoms with van der Waals surface area (Å²) >= 11 is 1.67. The first-order valence-electron chi connectivity index (χ1n) is 5.30. The number of hydrogen-bond acceptors (Lipinski definition) is 4. The van der Waals surface area contributed by atoms with Gasteiger partial charge in [-0.05, 0) is 22.4 Å². The maximum atomic E-state index is 10.7. The lowest BCUT2D eigenvalue weighted by molar-refractivity contribution is -0.140. The fraction of sp³-hybridized carbons (Fsp3) is 0.545. The predicted molar refractivity (Wildman–Crippen MR) is 61.6 cm³/mol. The third-order valence-corrected chi connectivity index (χ3v) is 3.46. The molecule has 0 radical (unpaired) electrons. The molecule has 0 spiro atoms. The Hall–Kier alpha value is -0.910.